The van der Waals surface area contributed by atoms with Gasteiger partial charge in [0.25, 0.3) is 0 Å². The molecule has 0 aliphatic rings. The quantitative estimate of drug-likeness (QED) is 0.882. The van der Waals surface area contributed by atoms with E-state index in [2.05, 4.69) is 15.9 Å². The molecule has 2 rings (SSSR count). The SMILES string of the molecule is CCOc1cccc(C(O)Cc2cc(F)ccc2Br)c1. The van der Waals surface area contributed by atoms with Gasteiger partial charge < -0.3 is 9.84 Å². The molecule has 1 N–H and O–H groups in total. The van der Waals surface area contributed by atoms with Crippen molar-refractivity contribution in [1.29, 1.82) is 0 Å². The Morgan fingerprint density at radius 2 is 2.05 bits per heavy atom. The predicted molar refractivity (Wildman–Crippen MR) is 80.4 cm³/mol. The molecule has 2 aromatic rings. The van der Waals surface area contributed by atoms with Crippen molar-refractivity contribution in [3.05, 3.63) is 63.9 Å². The van der Waals surface area contributed by atoms with Gasteiger partial charge in [-0.25, -0.2) is 4.39 Å². The molecular weight excluding hydrogens is 323 g/mol. The van der Waals surface area contributed by atoms with Crippen LogP contribution < -0.4 is 4.74 Å². The molecule has 4 heteroatoms. The summed E-state index contributed by atoms with van der Waals surface area (Å²) in [6.07, 6.45) is -0.359. The van der Waals surface area contributed by atoms with E-state index in [0.717, 1.165) is 21.3 Å². The van der Waals surface area contributed by atoms with Gasteiger partial charge in [0.05, 0.1) is 12.7 Å². The fourth-order valence-electron chi connectivity index (χ4n) is 2.00. The van der Waals surface area contributed by atoms with Crippen LogP contribution in [0.1, 0.15) is 24.2 Å². The Morgan fingerprint density at radius 3 is 2.80 bits per heavy atom. The summed E-state index contributed by atoms with van der Waals surface area (Å²) in [5, 5.41) is 10.3. The van der Waals surface area contributed by atoms with E-state index in [1.165, 1.54) is 12.1 Å². The van der Waals surface area contributed by atoms with Crippen LogP contribution in [0.25, 0.3) is 0 Å². The maximum Gasteiger partial charge on any atom is 0.123 e. The molecule has 2 nitrogen and oxygen atoms in total. The van der Waals surface area contributed by atoms with Crippen LogP contribution in [0.4, 0.5) is 4.39 Å². The van der Waals surface area contributed by atoms with Crippen molar-refractivity contribution in [2.24, 2.45) is 0 Å². The van der Waals surface area contributed by atoms with Crippen molar-refractivity contribution in [2.75, 3.05) is 6.61 Å². The van der Waals surface area contributed by atoms with Crippen LogP contribution in [0.2, 0.25) is 0 Å². The average Bonchev–Trinajstić information content (AvgIpc) is 2.43. The molecule has 0 radical (unpaired) electrons. The van der Waals surface area contributed by atoms with Crippen LogP contribution in [0.3, 0.4) is 0 Å². The molecule has 0 fully saturated rings. The second kappa shape index (κ2) is 6.86. The minimum absolute atomic E-state index is 0.307. The highest BCUT2D eigenvalue weighted by Crippen LogP contribution is 2.26. The number of hydrogen-bond acceptors (Lipinski definition) is 2. The Balaban J connectivity index is 2.17. The number of aliphatic hydroxyl groups excluding tert-OH is 1. The molecule has 1 atom stereocenters. The number of rotatable bonds is 5. The zero-order chi connectivity index (χ0) is 14.5. The van der Waals surface area contributed by atoms with Crippen LogP contribution in [0.5, 0.6) is 5.75 Å². The maximum atomic E-state index is 13.2. The summed E-state index contributed by atoms with van der Waals surface area (Å²) in [6.45, 7) is 2.49. The molecule has 0 amide bonds. The van der Waals surface area contributed by atoms with Crippen molar-refractivity contribution < 1.29 is 14.2 Å². The Hall–Kier alpha value is -1.39. The minimum atomic E-state index is -0.700. The summed E-state index contributed by atoms with van der Waals surface area (Å²) in [6, 6.07) is 11.8. The number of benzene rings is 2. The number of hydrogen-bond donors (Lipinski definition) is 1. The van der Waals surface area contributed by atoms with Gasteiger partial charge in [-0.2, -0.15) is 0 Å². The second-order valence-electron chi connectivity index (χ2n) is 4.46. The molecular formula is C16H16BrFO2. The zero-order valence-electron chi connectivity index (χ0n) is 11.1. The topological polar surface area (TPSA) is 29.5 Å². The lowest BCUT2D eigenvalue weighted by Gasteiger charge is -2.14. The van der Waals surface area contributed by atoms with Crippen LogP contribution in [0, 0.1) is 5.82 Å². The fraction of sp³-hybridized carbons (Fsp3) is 0.250. The Kier molecular flexibility index (Phi) is 5.15. The van der Waals surface area contributed by atoms with Crippen molar-refractivity contribution in [3.63, 3.8) is 0 Å². The third kappa shape index (κ3) is 3.81. The van der Waals surface area contributed by atoms with E-state index in [4.69, 9.17) is 4.74 Å². The molecule has 0 saturated carbocycles. The summed E-state index contributed by atoms with van der Waals surface area (Å²) in [4.78, 5) is 0. The van der Waals surface area contributed by atoms with Gasteiger partial charge in [0.1, 0.15) is 11.6 Å². The summed E-state index contributed by atoms with van der Waals surface area (Å²) < 4.78 is 19.4. The van der Waals surface area contributed by atoms with Gasteiger partial charge >= 0.3 is 0 Å². The van der Waals surface area contributed by atoms with Crippen LogP contribution in [-0.2, 0) is 6.42 Å². The smallest absolute Gasteiger partial charge is 0.123 e. The summed E-state index contributed by atoms with van der Waals surface area (Å²) in [7, 11) is 0. The zero-order valence-corrected chi connectivity index (χ0v) is 12.7. The van der Waals surface area contributed by atoms with Gasteiger partial charge in [0.15, 0.2) is 0 Å². The van der Waals surface area contributed by atoms with Gasteiger partial charge in [-0.1, -0.05) is 28.1 Å². The van der Waals surface area contributed by atoms with E-state index in [9.17, 15) is 9.50 Å². The summed E-state index contributed by atoms with van der Waals surface area (Å²) in [5.41, 5.74) is 1.49. The third-order valence-electron chi connectivity index (χ3n) is 2.97. The normalized spacial score (nSPS) is 12.2. The van der Waals surface area contributed by atoms with Crippen molar-refractivity contribution in [1.82, 2.24) is 0 Å². The lowest BCUT2D eigenvalue weighted by molar-refractivity contribution is 0.177. The molecule has 0 saturated heterocycles. The molecule has 0 aliphatic carbocycles. The maximum absolute atomic E-state index is 13.2. The number of ether oxygens (including phenoxy) is 1. The Labute approximate surface area is 126 Å². The highest BCUT2D eigenvalue weighted by atomic mass is 79.9. The second-order valence-corrected chi connectivity index (χ2v) is 5.32. The lowest BCUT2D eigenvalue weighted by Crippen LogP contribution is -2.03. The first-order valence-electron chi connectivity index (χ1n) is 6.45. The Morgan fingerprint density at radius 1 is 1.25 bits per heavy atom. The summed E-state index contributed by atoms with van der Waals surface area (Å²) in [5.74, 6) is 0.417. The number of halogens is 2. The molecule has 2 aromatic carbocycles. The Bertz CT molecular complexity index is 586. The average molecular weight is 339 g/mol. The van der Waals surface area contributed by atoms with Crippen molar-refractivity contribution in [3.8, 4) is 5.75 Å². The van der Waals surface area contributed by atoms with Gasteiger partial charge in [-0.3, -0.25) is 0 Å². The van der Waals surface area contributed by atoms with Gasteiger partial charge in [-0.15, -0.1) is 0 Å². The minimum Gasteiger partial charge on any atom is -0.494 e. The highest BCUT2D eigenvalue weighted by molar-refractivity contribution is 9.10. The third-order valence-corrected chi connectivity index (χ3v) is 3.75. The molecule has 0 aromatic heterocycles. The molecule has 20 heavy (non-hydrogen) atoms. The molecule has 0 bridgehead atoms. The van der Waals surface area contributed by atoms with E-state index in [1.807, 2.05) is 25.1 Å². The standard InChI is InChI=1S/C16H16BrFO2/c1-2-20-14-5-3-4-11(9-14)16(19)10-12-8-13(18)6-7-15(12)17/h3-9,16,19H,2,10H2,1H3. The lowest BCUT2D eigenvalue weighted by atomic mass is 10.0. The van der Waals surface area contributed by atoms with E-state index in [1.54, 1.807) is 12.1 Å². The number of aliphatic hydroxyl groups is 1. The first-order chi connectivity index (χ1) is 9.60. The van der Waals surface area contributed by atoms with E-state index in [-0.39, 0.29) is 5.82 Å². The van der Waals surface area contributed by atoms with E-state index >= 15 is 0 Å². The van der Waals surface area contributed by atoms with Crippen LogP contribution in [0.15, 0.2) is 46.9 Å². The largest absolute Gasteiger partial charge is 0.494 e. The van der Waals surface area contributed by atoms with Gasteiger partial charge in [0, 0.05) is 10.9 Å². The predicted octanol–water partition coefficient (Wildman–Crippen LogP) is 4.26. The van der Waals surface area contributed by atoms with Crippen molar-refractivity contribution in [2.45, 2.75) is 19.4 Å². The molecule has 106 valence electrons. The van der Waals surface area contributed by atoms with E-state index in [0.29, 0.717) is 13.0 Å². The first kappa shape index (κ1) is 15.0. The highest BCUT2D eigenvalue weighted by Gasteiger charge is 2.12. The van der Waals surface area contributed by atoms with Crippen molar-refractivity contribution >= 4 is 15.9 Å². The van der Waals surface area contributed by atoms with Crippen LogP contribution in [-0.4, -0.2) is 11.7 Å². The first-order valence-corrected chi connectivity index (χ1v) is 7.24. The molecule has 0 aliphatic heterocycles. The van der Waals surface area contributed by atoms with Crippen LogP contribution >= 0.6 is 15.9 Å². The van der Waals surface area contributed by atoms with E-state index < -0.39 is 6.10 Å². The molecule has 1 unspecified atom stereocenters. The molecule has 0 spiro atoms. The molecule has 0 heterocycles. The van der Waals surface area contributed by atoms with Gasteiger partial charge in [0.2, 0.25) is 0 Å². The fourth-order valence-corrected chi connectivity index (χ4v) is 2.41. The van der Waals surface area contributed by atoms with Gasteiger partial charge in [-0.05, 0) is 48.4 Å². The summed E-state index contributed by atoms with van der Waals surface area (Å²) >= 11 is 3.37. The monoisotopic (exact) mass is 338 g/mol.